The maximum Gasteiger partial charge on any atom is 0.344 e. The number of hydrogen-bond donors (Lipinski definition) is 0. The van der Waals surface area contributed by atoms with Crippen LogP contribution in [0.1, 0.15) is 0 Å². The summed E-state index contributed by atoms with van der Waals surface area (Å²) < 4.78 is 23.3. The molecule has 1 heterocycles. The summed E-state index contributed by atoms with van der Waals surface area (Å²) in [7, 11) is 1.76. The summed E-state index contributed by atoms with van der Waals surface area (Å²) in [4.78, 5) is 26.8. The molecule has 8 heteroatoms. The number of ketones is 1. The second-order valence-electron chi connectivity index (χ2n) is 5.72. The summed E-state index contributed by atoms with van der Waals surface area (Å²) in [5, 5.41) is 9.90. The van der Waals surface area contributed by atoms with Crippen LogP contribution >= 0.6 is 11.8 Å². The topological polar surface area (TPSA) is 79.6 Å². The molecule has 1 aliphatic rings. The molecule has 2 aromatic carbocycles. The highest BCUT2D eigenvalue weighted by molar-refractivity contribution is 8.03. The molecule has 0 saturated heterocycles. The Labute approximate surface area is 165 Å². The van der Waals surface area contributed by atoms with Gasteiger partial charge in [0.2, 0.25) is 5.78 Å². The number of carbonyl (C=O) groups is 2. The quantitative estimate of drug-likeness (QED) is 0.420. The number of fused-ring (bicyclic) bond motifs is 1. The number of para-hydroxylation sites is 2. The zero-order valence-electron chi connectivity index (χ0n) is 14.8. The molecule has 2 aromatic rings. The largest absolute Gasteiger partial charge is 0.479 e. The Morgan fingerprint density at radius 2 is 1.86 bits per heavy atom. The smallest absolute Gasteiger partial charge is 0.344 e. The summed E-state index contributed by atoms with van der Waals surface area (Å²) in [6.45, 7) is -1.15. The van der Waals surface area contributed by atoms with E-state index in [-0.39, 0.29) is 11.3 Å². The van der Waals surface area contributed by atoms with E-state index in [1.807, 2.05) is 30.3 Å². The first kappa shape index (κ1) is 19.5. The highest BCUT2D eigenvalue weighted by Gasteiger charge is 2.28. The summed E-state index contributed by atoms with van der Waals surface area (Å²) in [5.74, 6) is -2.16. The van der Waals surface area contributed by atoms with Gasteiger partial charge in [-0.2, -0.15) is 5.26 Å². The highest BCUT2D eigenvalue weighted by atomic mass is 32.2. The van der Waals surface area contributed by atoms with Crippen LogP contribution in [0.4, 0.5) is 10.1 Å². The van der Waals surface area contributed by atoms with Gasteiger partial charge in [0.1, 0.15) is 16.7 Å². The van der Waals surface area contributed by atoms with Crippen LogP contribution in [0.5, 0.6) is 5.75 Å². The Balaban J connectivity index is 1.60. The zero-order valence-corrected chi connectivity index (χ0v) is 15.7. The molecule has 142 valence electrons. The minimum Gasteiger partial charge on any atom is -0.479 e. The van der Waals surface area contributed by atoms with Gasteiger partial charge in [0.15, 0.2) is 24.8 Å². The van der Waals surface area contributed by atoms with Crippen LogP contribution < -0.4 is 9.64 Å². The summed E-state index contributed by atoms with van der Waals surface area (Å²) in [5.41, 5.74) is 0.796. The van der Waals surface area contributed by atoms with Gasteiger partial charge in [-0.05, 0) is 24.3 Å². The number of benzene rings is 2. The van der Waals surface area contributed by atoms with E-state index in [0.29, 0.717) is 5.03 Å². The van der Waals surface area contributed by atoms with E-state index in [1.54, 1.807) is 18.0 Å². The van der Waals surface area contributed by atoms with Gasteiger partial charge >= 0.3 is 5.97 Å². The predicted molar refractivity (Wildman–Crippen MR) is 101 cm³/mol. The number of nitriles is 1. The van der Waals surface area contributed by atoms with Crippen LogP contribution in [0.25, 0.3) is 0 Å². The number of rotatable bonds is 6. The molecule has 0 bridgehead atoms. The van der Waals surface area contributed by atoms with Gasteiger partial charge < -0.3 is 14.4 Å². The van der Waals surface area contributed by atoms with Crippen molar-refractivity contribution in [3.8, 4) is 11.8 Å². The van der Waals surface area contributed by atoms with Gasteiger partial charge in [-0.25, -0.2) is 9.18 Å². The van der Waals surface area contributed by atoms with Crippen molar-refractivity contribution in [2.75, 3.05) is 25.2 Å². The number of anilines is 1. The minimum absolute atomic E-state index is 0.0904. The molecule has 0 spiro atoms. The van der Waals surface area contributed by atoms with E-state index in [1.165, 1.54) is 30.0 Å². The standard InChI is InChI=1S/C20H15FN2O4S/c1-23-15-7-3-5-9-18(15)28-20(23)13(10-22)16(24)11-27-19(25)12-26-17-8-4-2-6-14(17)21/h2-9H,11-12H2,1H3/b20-13+. The highest BCUT2D eigenvalue weighted by Crippen LogP contribution is 2.46. The summed E-state index contributed by atoms with van der Waals surface area (Å²) >= 11 is 1.30. The number of Topliss-reactive ketones (excluding diaryl/α,β-unsaturated/α-hetero) is 1. The molecule has 0 aromatic heterocycles. The van der Waals surface area contributed by atoms with Gasteiger partial charge in [0, 0.05) is 11.9 Å². The molecule has 0 N–H and O–H groups in total. The monoisotopic (exact) mass is 398 g/mol. The molecule has 3 rings (SSSR count). The first-order chi connectivity index (χ1) is 13.5. The second kappa shape index (κ2) is 8.59. The molecule has 0 unspecified atom stereocenters. The Hall–Kier alpha value is -3.31. The van der Waals surface area contributed by atoms with E-state index in [0.717, 1.165) is 10.6 Å². The number of nitrogens with zero attached hydrogens (tertiary/aromatic N) is 2. The normalized spacial score (nSPS) is 14.1. The average molecular weight is 398 g/mol. The molecule has 6 nitrogen and oxygen atoms in total. The Bertz CT molecular complexity index is 1000. The molecule has 0 atom stereocenters. The third kappa shape index (κ3) is 4.15. The number of halogens is 1. The number of ether oxygens (including phenoxy) is 2. The molecular weight excluding hydrogens is 383 g/mol. The van der Waals surface area contributed by atoms with Crippen molar-refractivity contribution in [3.63, 3.8) is 0 Å². The molecule has 0 amide bonds. The zero-order chi connectivity index (χ0) is 20.1. The minimum atomic E-state index is -0.838. The van der Waals surface area contributed by atoms with Crippen LogP contribution in [0.3, 0.4) is 0 Å². The third-order valence-electron chi connectivity index (χ3n) is 3.89. The third-order valence-corrected chi connectivity index (χ3v) is 5.13. The van der Waals surface area contributed by atoms with Crippen LogP contribution in [0.2, 0.25) is 0 Å². The number of carbonyl (C=O) groups excluding carboxylic acids is 2. The summed E-state index contributed by atoms with van der Waals surface area (Å²) in [6, 6.07) is 15.0. The van der Waals surface area contributed by atoms with Crippen molar-refractivity contribution in [2.24, 2.45) is 0 Å². The second-order valence-corrected chi connectivity index (χ2v) is 6.75. The molecule has 0 radical (unpaired) electrons. The van der Waals surface area contributed by atoms with E-state index in [2.05, 4.69) is 0 Å². The lowest BCUT2D eigenvalue weighted by atomic mass is 10.2. The van der Waals surface area contributed by atoms with Crippen molar-refractivity contribution in [3.05, 3.63) is 65.0 Å². The lowest BCUT2D eigenvalue weighted by Crippen LogP contribution is -2.22. The van der Waals surface area contributed by atoms with Crippen LogP contribution in [-0.2, 0) is 14.3 Å². The van der Waals surface area contributed by atoms with Gasteiger partial charge in [-0.3, -0.25) is 4.79 Å². The number of esters is 1. The van der Waals surface area contributed by atoms with Crippen molar-refractivity contribution in [1.82, 2.24) is 0 Å². The van der Waals surface area contributed by atoms with E-state index in [4.69, 9.17) is 9.47 Å². The SMILES string of the molecule is CN1/C(=C(/C#N)C(=O)COC(=O)COc2ccccc2F)Sc2ccccc21. The van der Waals surface area contributed by atoms with Crippen molar-refractivity contribution >= 4 is 29.2 Å². The summed E-state index contributed by atoms with van der Waals surface area (Å²) in [6.07, 6.45) is 0. The Morgan fingerprint density at radius 3 is 2.57 bits per heavy atom. The molecule has 28 heavy (non-hydrogen) atoms. The van der Waals surface area contributed by atoms with Crippen molar-refractivity contribution in [2.45, 2.75) is 4.90 Å². The van der Waals surface area contributed by atoms with Crippen molar-refractivity contribution < 1.29 is 23.5 Å². The number of hydrogen-bond acceptors (Lipinski definition) is 7. The maximum absolute atomic E-state index is 13.4. The van der Waals surface area contributed by atoms with Crippen LogP contribution in [0.15, 0.2) is 64.0 Å². The van der Waals surface area contributed by atoms with Gasteiger partial charge in [0.05, 0.1) is 5.69 Å². The van der Waals surface area contributed by atoms with E-state index >= 15 is 0 Å². The fraction of sp³-hybridized carbons (Fsp3) is 0.150. The Morgan fingerprint density at radius 1 is 1.14 bits per heavy atom. The molecule has 0 aliphatic carbocycles. The average Bonchev–Trinajstić information content (AvgIpc) is 3.03. The van der Waals surface area contributed by atoms with E-state index in [9.17, 15) is 19.2 Å². The molecule has 1 aliphatic heterocycles. The fourth-order valence-electron chi connectivity index (χ4n) is 2.51. The molecular formula is C20H15FN2O4S. The first-order valence-corrected chi connectivity index (χ1v) is 9.04. The lowest BCUT2D eigenvalue weighted by molar-refractivity contribution is -0.149. The Kier molecular flexibility index (Phi) is 5.96. The lowest BCUT2D eigenvalue weighted by Gasteiger charge is -2.14. The van der Waals surface area contributed by atoms with Crippen LogP contribution in [0, 0.1) is 17.1 Å². The number of thioether (sulfide) groups is 1. The van der Waals surface area contributed by atoms with Gasteiger partial charge in [0.25, 0.3) is 0 Å². The predicted octanol–water partition coefficient (Wildman–Crippen LogP) is 3.29. The maximum atomic E-state index is 13.4. The molecule has 0 fully saturated rings. The first-order valence-electron chi connectivity index (χ1n) is 8.22. The van der Waals surface area contributed by atoms with Crippen molar-refractivity contribution in [1.29, 1.82) is 5.26 Å². The van der Waals surface area contributed by atoms with Gasteiger partial charge in [-0.1, -0.05) is 36.0 Å². The van der Waals surface area contributed by atoms with Gasteiger partial charge in [-0.15, -0.1) is 0 Å². The molecule has 0 saturated carbocycles. The fourth-order valence-corrected chi connectivity index (χ4v) is 3.67. The van der Waals surface area contributed by atoms with E-state index < -0.39 is 30.8 Å². The van der Waals surface area contributed by atoms with Crippen LogP contribution in [-0.4, -0.2) is 32.0 Å².